The van der Waals surface area contributed by atoms with Crippen LogP contribution in [-0.4, -0.2) is 32.6 Å². The first-order valence-corrected chi connectivity index (χ1v) is 8.13. The van der Waals surface area contributed by atoms with Crippen LogP contribution in [0.25, 0.3) is 5.65 Å². The summed E-state index contributed by atoms with van der Waals surface area (Å²) in [7, 11) is 0. The van der Waals surface area contributed by atoms with Gasteiger partial charge in [0.05, 0.1) is 18.3 Å². The van der Waals surface area contributed by atoms with Gasteiger partial charge in [0.15, 0.2) is 0 Å². The topological polar surface area (TPSA) is 80.7 Å². The molecule has 0 aromatic carbocycles. The first-order valence-electron chi connectivity index (χ1n) is 7.25. The fourth-order valence-corrected chi connectivity index (χ4v) is 4.06. The van der Waals surface area contributed by atoms with Crippen molar-refractivity contribution >= 4 is 28.8 Å². The highest BCUT2D eigenvalue weighted by Gasteiger charge is 2.27. The molecule has 0 bridgehead atoms. The number of nitrogens with zero attached hydrogens (tertiary/aromatic N) is 3. The number of fused-ring (bicyclic) bond motifs is 2. The van der Waals surface area contributed by atoms with E-state index >= 15 is 0 Å². The summed E-state index contributed by atoms with van der Waals surface area (Å²) in [5.41, 5.74) is 8.27. The normalized spacial score (nSPS) is 14.0. The van der Waals surface area contributed by atoms with Gasteiger partial charge in [-0.15, -0.1) is 11.3 Å². The number of hydrogen-bond donors (Lipinski definition) is 1. The van der Waals surface area contributed by atoms with Crippen molar-refractivity contribution in [2.75, 3.05) is 6.54 Å². The predicted molar refractivity (Wildman–Crippen MR) is 86.5 cm³/mol. The summed E-state index contributed by atoms with van der Waals surface area (Å²) in [5.74, 6) is -0.451. The molecular weight excluding hydrogens is 312 g/mol. The van der Waals surface area contributed by atoms with Crippen molar-refractivity contribution in [1.82, 2.24) is 14.3 Å². The summed E-state index contributed by atoms with van der Waals surface area (Å²) < 4.78 is 1.79. The van der Waals surface area contributed by atoms with Crippen molar-refractivity contribution in [1.29, 1.82) is 0 Å². The summed E-state index contributed by atoms with van der Waals surface area (Å²) in [6.45, 7) is 1.08. The molecule has 0 fully saturated rings. The molecule has 3 aromatic rings. The number of imidazole rings is 1. The van der Waals surface area contributed by atoms with Gasteiger partial charge >= 0.3 is 0 Å². The second kappa shape index (κ2) is 5.20. The van der Waals surface area contributed by atoms with E-state index in [2.05, 4.69) is 4.98 Å². The zero-order valence-corrected chi connectivity index (χ0v) is 13.0. The predicted octanol–water partition coefficient (Wildman–Crippen LogP) is 1.69. The molecule has 0 atom stereocenters. The lowest BCUT2D eigenvalue weighted by atomic mass is 10.0. The molecule has 4 rings (SSSR count). The molecule has 0 aliphatic carbocycles. The van der Waals surface area contributed by atoms with E-state index in [1.54, 1.807) is 20.9 Å². The third kappa shape index (κ3) is 2.20. The van der Waals surface area contributed by atoms with Gasteiger partial charge in [-0.05, 0) is 24.1 Å². The Labute approximate surface area is 136 Å². The molecule has 3 aromatic heterocycles. The molecule has 0 radical (unpaired) electrons. The zero-order chi connectivity index (χ0) is 16.0. The minimum Gasteiger partial charge on any atom is -0.366 e. The Kier molecular flexibility index (Phi) is 3.16. The van der Waals surface area contributed by atoms with Crippen molar-refractivity contribution in [3.63, 3.8) is 0 Å². The number of pyridine rings is 1. The molecule has 1 aliphatic rings. The van der Waals surface area contributed by atoms with Crippen LogP contribution in [0.3, 0.4) is 0 Å². The van der Waals surface area contributed by atoms with E-state index in [-0.39, 0.29) is 5.91 Å². The van der Waals surface area contributed by atoms with Crippen LogP contribution < -0.4 is 5.73 Å². The minimum absolute atomic E-state index is 0.0524. The molecule has 0 unspecified atom stereocenters. The molecule has 116 valence electrons. The summed E-state index contributed by atoms with van der Waals surface area (Å²) in [5, 5.41) is 1.79. The van der Waals surface area contributed by atoms with Gasteiger partial charge in [-0.25, -0.2) is 4.98 Å². The van der Waals surface area contributed by atoms with Gasteiger partial charge in [-0.2, -0.15) is 0 Å². The van der Waals surface area contributed by atoms with Crippen LogP contribution in [-0.2, 0) is 13.0 Å². The maximum absolute atomic E-state index is 12.8. The standard InChI is InChI=1S/C16H14N4O2S/c17-15(21)11-9-23-13-8-19(6-4-10(11)13)16(22)12-7-18-14-3-1-2-5-20(12)14/h1-3,5,7,9H,4,6,8H2,(H2,17,21). The highest BCUT2D eigenvalue weighted by Crippen LogP contribution is 2.29. The smallest absolute Gasteiger partial charge is 0.272 e. The Morgan fingerprint density at radius 1 is 1.30 bits per heavy atom. The largest absolute Gasteiger partial charge is 0.366 e. The van der Waals surface area contributed by atoms with Crippen LogP contribution >= 0.6 is 11.3 Å². The van der Waals surface area contributed by atoms with Gasteiger partial charge in [-0.1, -0.05) is 6.07 Å². The van der Waals surface area contributed by atoms with Crippen molar-refractivity contribution in [2.45, 2.75) is 13.0 Å². The van der Waals surface area contributed by atoms with Gasteiger partial charge in [0, 0.05) is 23.0 Å². The third-order valence-electron chi connectivity index (χ3n) is 4.14. The highest BCUT2D eigenvalue weighted by molar-refractivity contribution is 7.10. The second-order valence-corrected chi connectivity index (χ2v) is 6.43. The molecule has 2 N–H and O–H groups in total. The lowest BCUT2D eigenvalue weighted by molar-refractivity contribution is 0.0730. The average Bonchev–Trinajstić information content (AvgIpc) is 3.17. The number of nitrogens with two attached hydrogens (primary N) is 1. The number of aromatic nitrogens is 2. The second-order valence-electron chi connectivity index (χ2n) is 5.46. The van der Waals surface area contributed by atoms with Crippen molar-refractivity contribution in [3.05, 3.63) is 57.7 Å². The van der Waals surface area contributed by atoms with Gasteiger partial charge < -0.3 is 10.6 Å². The maximum atomic E-state index is 12.8. The Morgan fingerprint density at radius 2 is 2.17 bits per heavy atom. The molecule has 0 saturated heterocycles. The van der Waals surface area contributed by atoms with E-state index in [1.165, 1.54) is 11.3 Å². The average molecular weight is 326 g/mol. The highest BCUT2D eigenvalue weighted by atomic mass is 32.1. The number of hydrogen-bond acceptors (Lipinski definition) is 4. The zero-order valence-electron chi connectivity index (χ0n) is 12.2. The van der Waals surface area contributed by atoms with Crippen LogP contribution in [0.15, 0.2) is 36.0 Å². The molecule has 1 aliphatic heterocycles. The van der Waals surface area contributed by atoms with Crippen LogP contribution in [0.2, 0.25) is 0 Å². The summed E-state index contributed by atoms with van der Waals surface area (Å²) in [4.78, 5) is 31.3. The molecule has 0 spiro atoms. The number of amides is 2. The van der Waals surface area contributed by atoms with Gasteiger partial charge in [0.2, 0.25) is 5.91 Å². The van der Waals surface area contributed by atoms with E-state index in [9.17, 15) is 9.59 Å². The molecule has 7 heteroatoms. The molecule has 23 heavy (non-hydrogen) atoms. The summed E-state index contributed by atoms with van der Waals surface area (Å²) >= 11 is 1.49. The number of carbonyl (C=O) groups is 2. The maximum Gasteiger partial charge on any atom is 0.272 e. The van der Waals surface area contributed by atoms with E-state index in [4.69, 9.17) is 5.73 Å². The van der Waals surface area contributed by atoms with E-state index in [0.717, 1.165) is 16.1 Å². The fraction of sp³-hybridized carbons (Fsp3) is 0.188. The molecule has 4 heterocycles. The van der Waals surface area contributed by atoms with Gasteiger partial charge in [0.25, 0.3) is 5.91 Å². The molecule has 0 saturated carbocycles. The Bertz CT molecular complexity index is 927. The molecular formula is C16H14N4O2S. The quantitative estimate of drug-likeness (QED) is 0.778. The minimum atomic E-state index is -0.399. The Hall–Kier alpha value is -2.67. The summed E-state index contributed by atoms with van der Waals surface area (Å²) in [6, 6.07) is 5.63. The van der Waals surface area contributed by atoms with Crippen molar-refractivity contribution in [3.8, 4) is 0 Å². The van der Waals surface area contributed by atoms with Crippen molar-refractivity contribution in [2.24, 2.45) is 5.73 Å². The first-order chi connectivity index (χ1) is 11.1. The van der Waals surface area contributed by atoms with E-state index in [1.807, 2.05) is 24.4 Å². The number of rotatable bonds is 2. The number of thiophene rings is 1. The summed E-state index contributed by atoms with van der Waals surface area (Å²) in [6.07, 6.45) is 4.09. The third-order valence-corrected chi connectivity index (χ3v) is 5.15. The first kappa shape index (κ1) is 14.0. The number of primary amides is 1. The SMILES string of the molecule is NC(=O)c1csc2c1CCN(C(=O)c1cnc3ccccn13)C2. The number of carbonyl (C=O) groups excluding carboxylic acids is 2. The molecule has 2 amide bonds. The van der Waals surface area contributed by atoms with Crippen LogP contribution in [0.5, 0.6) is 0 Å². The monoisotopic (exact) mass is 326 g/mol. The Balaban J connectivity index is 1.64. The fourth-order valence-electron chi connectivity index (χ4n) is 2.96. The van der Waals surface area contributed by atoms with Crippen LogP contribution in [0, 0.1) is 0 Å². The van der Waals surface area contributed by atoms with Gasteiger partial charge in [-0.3, -0.25) is 14.0 Å². The molecule has 6 nitrogen and oxygen atoms in total. The van der Waals surface area contributed by atoms with E-state index < -0.39 is 5.91 Å². The lowest BCUT2D eigenvalue weighted by Crippen LogP contribution is -2.36. The van der Waals surface area contributed by atoms with Crippen LogP contribution in [0.1, 0.15) is 31.3 Å². The lowest BCUT2D eigenvalue weighted by Gasteiger charge is -2.27. The van der Waals surface area contributed by atoms with E-state index in [0.29, 0.717) is 30.8 Å². The Morgan fingerprint density at radius 3 is 3.00 bits per heavy atom. The van der Waals surface area contributed by atoms with Crippen LogP contribution in [0.4, 0.5) is 0 Å². The van der Waals surface area contributed by atoms with Crippen molar-refractivity contribution < 1.29 is 9.59 Å². The van der Waals surface area contributed by atoms with Gasteiger partial charge in [0.1, 0.15) is 11.3 Å².